The second kappa shape index (κ2) is 11.9. The van der Waals surface area contributed by atoms with Crippen LogP contribution in [0.15, 0.2) is 61.2 Å². The van der Waals surface area contributed by atoms with Gasteiger partial charge in [-0.25, -0.2) is 4.98 Å². The zero-order valence-electron chi connectivity index (χ0n) is 19.3. The standard InChI is InChI=1S/C25H25Cl2N5O4/c26-21-7-2-18(13-22(21)27)30-23(33)15-36-20-5-3-19(4-6-20)32-14-17(12-24(32)34)25(35)29-8-1-10-31-11-9-28-16-31/h2-7,9,11,13,16-17H,1,8,10,12,14-15H2,(H,29,35)(H,30,33)/t17-/m1/s1. The summed E-state index contributed by atoms with van der Waals surface area (Å²) in [6.45, 7) is 1.41. The van der Waals surface area contributed by atoms with Gasteiger partial charge in [-0.15, -0.1) is 0 Å². The highest BCUT2D eigenvalue weighted by atomic mass is 35.5. The molecule has 0 aliphatic carbocycles. The zero-order valence-corrected chi connectivity index (χ0v) is 20.8. The molecule has 1 aliphatic heterocycles. The third-order valence-electron chi connectivity index (χ3n) is 5.67. The number of carbonyl (C=O) groups excluding carboxylic acids is 3. The number of hydrogen-bond acceptors (Lipinski definition) is 5. The van der Waals surface area contributed by atoms with Crippen LogP contribution in [0.2, 0.25) is 10.0 Å². The maximum Gasteiger partial charge on any atom is 0.262 e. The number of nitrogens with one attached hydrogen (secondary N) is 2. The van der Waals surface area contributed by atoms with E-state index in [1.54, 1.807) is 59.9 Å². The van der Waals surface area contributed by atoms with Crippen molar-refractivity contribution in [2.75, 3.05) is 29.9 Å². The number of imidazole rings is 1. The van der Waals surface area contributed by atoms with Crippen LogP contribution < -0.4 is 20.3 Å². The lowest BCUT2D eigenvalue weighted by Crippen LogP contribution is -2.33. The average Bonchev–Trinajstić information content (AvgIpc) is 3.53. The molecule has 1 saturated heterocycles. The Morgan fingerprint density at radius 2 is 1.92 bits per heavy atom. The molecule has 2 aromatic carbocycles. The lowest BCUT2D eigenvalue weighted by molar-refractivity contribution is -0.126. The largest absolute Gasteiger partial charge is 0.484 e. The van der Waals surface area contributed by atoms with E-state index in [4.69, 9.17) is 27.9 Å². The fraction of sp³-hybridized carbons (Fsp3) is 0.280. The Morgan fingerprint density at radius 3 is 2.64 bits per heavy atom. The fourth-order valence-electron chi connectivity index (χ4n) is 3.81. The van der Waals surface area contributed by atoms with Gasteiger partial charge in [0.1, 0.15) is 5.75 Å². The Balaban J connectivity index is 1.22. The Labute approximate surface area is 218 Å². The first kappa shape index (κ1) is 25.5. The number of benzene rings is 2. The van der Waals surface area contributed by atoms with Crippen molar-refractivity contribution in [1.29, 1.82) is 0 Å². The Bertz CT molecular complexity index is 1220. The molecule has 0 spiro atoms. The molecular formula is C25H25Cl2N5O4. The van der Waals surface area contributed by atoms with E-state index in [9.17, 15) is 14.4 Å². The average molecular weight is 530 g/mol. The second-order valence-corrected chi connectivity index (χ2v) is 9.12. The first-order chi connectivity index (χ1) is 17.4. The van der Waals surface area contributed by atoms with E-state index >= 15 is 0 Å². The lowest BCUT2D eigenvalue weighted by atomic mass is 10.1. The fourth-order valence-corrected chi connectivity index (χ4v) is 4.11. The van der Waals surface area contributed by atoms with Gasteiger partial charge < -0.3 is 24.8 Å². The summed E-state index contributed by atoms with van der Waals surface area (Å²) in [5, 5.41) is 6.34. The maximum absolute atomic E-state index is 12.5. The van der Waals surface area contributed by atoms with Crippen LogP contribution in [-0.4, -0.2) is 47.0 Å². The number of amides is 3. The summed E-state index contributed by atoms with van der Waals surface area (Å²) < 4.78 is 7.48. The summed E-state index contributed by atoms with van der Waals surface area (Å²) >= 11 is 11.8. The molecule has 3 aromatic rings. The molecule has 2 heterocycles. The molecule has 4 rings (SSSR count). The first-order valence-corrected chi connectivity index (χ1v) is 12.2. The minimum Gasteiger partial charge on any atom is -0.484 e. The van der Waals surface area contributed by atoms with Crippen LogP contribution in [0.5, 0.6) is 5.75 Å². The molecule has 0 saturated carbocycles. The number of carbonyl (C=O) groups is 3. The van der Waals surface area contributed by atoms with Gasteiger partial charge in [0.2, 0.25) is 11.8 Å². The van der Waals surface area contributed by atoms with E-state index in [0.717, 1.165) is 13.0 Å². The van der Waals surface area contributed by atoms with E-state index in [1.165, 1.54) is 0 Å². The normalized spacial score (nSPS) is 15.1. The monoisotopic (exact) mass is 529 g/mol. The summed E-state index contributed by atoms with van der Waals surface area (Å²) in [6, 6.07) is 11.6. The third kappa shape index (κ3) is 6.77. The summed E-state index contributed by atoms with van der Waals surface area (Å²) in [5.74, 6) is -0.507. The summed E-state index contributed by atoms with van der Waals surface area (Å²) in [5.41, 5.74) is 1.18. The predicted octanol–water partition coefficient (Wildman–Crippen LogP) is 3.77. The minimum atomic E-state index is -0.397. The van der Waals surface area contributed by atoms with Crippen LogP contribution in [0.3, 0.4) is 0 Å². The van der Waals surface area contributed by atoms with Crippen LogP contribution in [-0.2, 0) is 20.9 Å². The topological polar surface area (TPSA) is 106 Å². The Morgan fingerprint density at radius 1 is 1.11 bits per heavy atom. The summed E-state index contributed by atoms with van der Waals surface area (Å²) in [4.78, 5) is 42.8. The van der Waals surface area contributed by atoms with Crippen molar-refractivity contribution in [3.05, 3.63) is 71.2 Å². The third-order valence-corrected chi connectivity index (χ3v) is 6.41. The number of anilines is 2. The van der Waals surface area contributed by atoms with Gasteiger partial charge in [0.05, 0.1) is 22.3 Å². The molecule has 0 unspecified atom stereocenters. The highest BCUT2D eigenvalue weighted by Crippen LogP contribution is 2.27. The van der Waals surface area contributed by atoms with Gasteiger partial charge >= 0.3 is 0 Å². The Kier molecular flexibility index (Phi) is 8.45. The smallest absolute Gasteiger partial charge is 0.262 e. The van der Waals surface area contributed by atoms with Crippen LogP contribution in [0.4, 0.5) is 11.4 Å². The van der Waals surface area contributed by atoms with Crippen LogP contribution in [0, 0.1) is 5.92 Å². The maximum atomic E-state index is 12.5. The molecule has 11 heteroatoms. The number of nitrogens with zero attached hydrogens (tertiary/aromatic N) is 3. The van der Waals surface area contributed by atoms with Gasteiger partial charge in [-0.3, -0.25) is 14.4 Å². The molecule has 1 fully saturated rings. The zero-order chi connectivity index (χ0) is 25.5. The highest BCUT2D eigenvalue weighted by molar-refractivity contribution is 6.42. The molecule has 0 bridgehead atoms. The van der Waals surface area contributed by atoms with Gasteiger partial charge in [-0.1, -0.05) is 23.2 Å². The van der Waals surface area contributed by atoms with Crippen molar-refractivity contribution in [3.63, 3.8) is 0 Å². The summed E-state index contributed by atoms with van der Waals surface area (Å²) in [6.07, 6.45) is 6.27. The SMILES string of the molecule is O=C(COc1ccc(N2C[C@H](C(=O)NCCCn3ccnc3)CC2=O)cc1)Nc1ccc(Cl)c(Cl)c1. The molecule has 3 amide bonds. The van der Waals surface area contributed by atoms with Crippen molar-refractivity contribution in [1.82, 2.24) is 14.9 Å². The minimum absolute atomic E-state index is 0.108. The van der Waals surface area contributed by atoms with E-state index in [0.29, 0.717) is 40.3 Å². The molecule has 2 N–H and O–H groups in total. The number of halogens is 2. The quantitative estimate of drug-likeness (QED) is 0.389. The number of ether oxygens (including phenoxy) is 1. The predicted molar refractivity (Wildman–Crippen MR) is 137 cm³/mol. The molecule has 188 valence electrons. The molecular weight excluding hydrogens is 505 g/mol. The van der Waals surface area contributed by atoms with E-state index in [2.05, 4.69) is 15.6 Å². The molecule has 0 radical (unpaired) electrons. The van der Waals surface area contributed by atoms with Crippen LogP contribution >= 0.6 is 23.2 Å². The van der Waals surface area contributed by atoms with Crippen LogP contribution in [0.25, 0.3) is 0 Å². The molecule has 36 heavy (non-hydrogen) atoms. The molecule has 1 aromatic heterocycles. The molecule has 9 nitrogen and oxygen atoms in total. The van der Waals surface area contributed by atoms with E-state index < -0.39 is 5.92 Å². The van der Waals surface area contributed by atoms with Gasteiger partial charge in [0.15, 0.2) is 6.61 Å². The molecule has 1 atom stereocenters. The van der Waals surface area contributed by atoms with Crippen LogP contribution in [0.1, 0.15) is 12.8 Å². The number of aryl methyl sites for hydroxylation is 1. The van der Waals surface area contributed by atoms with E-state index in [-0.39, 0.29) is 30.7 Å². The lowest BCUT2D eigenvalue weighted by Gasteiger charge is -2.17. The second-order valence-electron chi connectivity index (χ2n) is 8.31. The van der Waals surface area contributed by atoms with Gasteiger partial charge in [0, 0.05) is 49.8 Å². The number of aromatic nitrogens is 2. The van der Waals surface area contributed by atoms with Gasteiger partial charge in [0.25, 0.3) is 5.91 Å². The van der Waals surface area contributed by atoms with Gasteiger partial charge in [-0.05, 0) is 48.9 Å². The Hall–Kier alpha value is -3.56. The van der Waals surface area contributed by atoms with E-state index in [1.807, 2.05) is 10.8 Å². The van der Waals surface area contributed by atoms with Crippen molar-refractivity contribution >= 4 is 52.3 Å². The molecule has 1 aliphatic rings. The number of rotatable bonds is 10. The van der Waals surface area contributed by atoms with Crippen molar-refractivity contribution in [2.24, 2.45) is 5.92 Å². The van der Waals surface area contributed by atoms with Gasteiger partial charge in [-0.2, -0.15) is 0 Å². The van der Waals surface area contributed by atoms with Crippen molar-refractivity contribution < 1.29 is 19.1 Å². The van der Waals surface area contributed by atoms with Crippen molar-refractivity contribution in [3.8, 4) is 5.75 Å². The van der Waals surface area contributed by atoms with Crippen molar-refractivity contribution in [2.45, 2.75) is 19.4 Å². The number of hydrogen-bond donors (Lipinski definition) is 2. The first-order valence-electron chi connectivity index (χ1n) is 11.4. The summed E-state index contributed by atoms with van der Waals surface area (Å²) in [7, 11) is 0. The highest BCUT2D eigenvalue weighted by Gasteiger charge is 2.34.